The highest BCUT2D eigenvalue weighted by Gasteiger charge is 2.20. The van der Waals surface area contributed by atoms with E-state index in [0.29, 0.717) is 0 Å². The number of aliphatic hydroxyl groups excluding tert-OH is 1. The number of aliphatic hydroxyl groups is 1. The van der Waals surface area contributed by atoms with Gasteiger partial charge in [-0.15, -0.1) is 0 Å². The number of nitrogens with one attached hydrogen (secondary N) is 1. The Morgan fingerprint density at radius 1 is 1.62 bits per heavy atom. The summed E-state index contributed by atoms with van der Waals surface area (Å²) in [6.07, 6.45) is 6.53. The fourth-order valence-corrected chi connectivity index (χ4v) is 1.43. The summed E-state index contributed by atoms with van der Waals surface area (Å²) in [5.74, 6) is 0.173. The van der Waals surface area contributed by atoms with E-state index in [1.807, 2.05) is 19.1 Å². The second-order valence-electron chi connectivity index (χ2n) is 3.44. The van der Waals surface area contributed by atoms with Crippen LogP contribution in [0.1, 0.15) is 26.2 Å². The molecule has 3 heteroatoms. The fourth-order valence-electron chi connectivity index (χ4n) is 1.43. The van der Waals surface area contributed by atoms with E-state index in [0.717, 1.165) is 19.3 Å². The van der Waals surface area contributed by atoms with Gasteiger partial charge in [-0.2, -0.15) is 0 Å². The quantitative estimate of drug-likeness (QED) is 0.634. The third kappa shape index (κ3) is 2.84. The lowest BCUT2D eigenvalue weighted by Gasteiger charge is -2.16. The number of hydrogen-bond acceptors (Lipinski definition) is 2. The van der Waals surface area contributed by atoms with Crippen molar-refractivity contribution in [1.82, 2.24) is 5.32 Å². The Morgan fingerprint density at radius 3 is 2.69 bits per heavy atom. The van der Waals surface area contributed by atoms with Gasteiger partial charge in [0.15, 0.2) is 0 Å². The topological polar surface area (TPSA) is 49.3 Å². The summed E-state index contributed by atoms with van der Waals surface area (Å²) >= 11 is 0. The molecular weight excluding hydrogens is 166 g/mol. The lowest BCUT2D eigenvalue weighted by molar-refractivity contribution is -0.125. The molecule has 0 spiro atoms. The first-order valence-corrected chi connectivity index (χ1v) is 4.84. The van der Waals surface area contributed by atoms with E-state index in [4.69, 9.17) is 5.11 Å². The van der Waals surface area contributed by atoms with Crippen LogP contribution in [0.4, 0.5) is 0 Å². The van der Waals surface area contributed by atoms with Crippen molar-refractivity contribution in [3.05, 3.63) is 12.2 Å². The van der Waals surface area contributed by atoms with Crippen LogP contribution >= 0.6 is 0 Å². The number of rotatable bonds is 4. The SMILES string of the molecule is CCC(CO)NC(=O)C1CC=CC1. The molecule has 0 saturated heterocycles. The first-order valence-electron chi connectivity index (χ1n) is 4.84. The zero-order chi connectivity index (χ0) is 9.68. The van der Waals surface area contributed by atoms with Gasteiger partial charge in [-0.1, -0.05) is 19.1 Å². The minimum absolute atomic E-state index is 0.0301. The second-order valence-corrected chi connectivity index (χ2v) is 3.44. The van der Waals surface area contributed by atoms with E-state index >= 15 is 0 Å². The molecule has 74 valence electrons. The summed E-state index contributed by atoms with van der Waals surface area (Å²) in [6.45, 7) is 1.98. The van der Waals surface area contributed by atoms with E-state index in [2.05, 4.69) is 5.32 Å². The fraction of sp³-hybridized carbons (Fsp3) is 0.700. The Balaban J connectivity index is 2.31. The van der Waals surface area contributed by atoms with E-state index in [-0.39, 0.29) is 24.5 Å². The number of carbonyl (C=O) groups excluding carboxylic acids is 1. The van der Waals surface area contributed by atoms with Crippen LogP contribution in [0.2, 0.25) is 0 Å². The molecule has 2 N–H and O–H groups in total. The van der Waals surface area contributed by atoms with Crippen molar-refractivity contribution in [2.24, 2.45) is 5.92 Å². The molecule has 1 aliphatic rings. The third-order valence-electron chi connectivity index (χ3n) is 2.44. The highest BCUT2D eigenvalue weighted by Crippen LogP contribution is 2.17. The number of hydrogen-bond donors (Lipinski definition) is 2. The van der Waals surface area contributed by atoms with Crippen molar-refractivity contribution < 1.29 is 9.90 Å². The second kappa shape index (κ2) is 5.02. The summed E-state index contributed by atoms with van der Waals surface area (Å²) in [5, 5.41) is 11.7. The molecule has 0 aromatic heterocycles. The molecule has 0 aromatic rings. The monoisotopic (exact) mass is 183 g/mol. The standard InChI is InChI=1S/C10H17NO2/c1-2-9(7-12)11-10(13)8-5-3-4-6-8/h3-4,8-9,12H,2,5-7H2,1H3,(H,11,13). The van der Waals surface area contributed by atoms with Gasteiger partial charge in [0.05, 0.1) is 12.6 Å². The maximum Gasteiger partial charge on any atom is 0.224 e. The average molecular weight is 183 g/mol. The zero-order valence-electron chi connectivity index (χ0n) is 7.99. The van der Waals surface area contributed by atoms with Gasteiger partial charge in [-0.3, -0.25) is 4.79 Å². The number of allylic oxidation sites excluding steroid dienone is 2. The van der Waals surface area contributed by atoms with Gasteiger partial charge < -0.3 is 10.4 Å². The first-order chi connectivity index (χ1) is 6.27. The predicted octanol–water partition coefficient (Wildman–Crippen LogP) is 0.840. The van der Waals surface area contributed by atoms with Crippen LogP contribution in [0.15, 0.2) is 12.2 Å². The van der Waals surface area contributed by atoms with Crippen molar-refractivity contribution in [3.8, 4) is 0 Å². The summed E-state index contributed by atoms with van der Waals surface area (Å²) in [7, 11) is 0. The highest BCUT2D eigenvalue weighted by atomic mass is 16.3. The predicted molar refractivity (Wildman–Crippen MR) is 51.2 cm³/mol. The van der Waals surface area contributed by atoms with Gasteiger partial charge in [0.1, 0.15) is 0 Å². The van der Waals surface area contributed by atoms with E-state index < -0.39 is 0 Å². The molecule has 0 aliphatic heterocycles. The molecule has 0 heterocycles. The van der Waals surface area contributed by atoms with Gasteiger partial charge in [0.2, 0.25) is 5.91 Å². The lowest BCUT2D eigenvalue weighted by atomic mass is 10.1. The molecule has 1 aliphatic carbocycles. The van der Waals surface area contributed by atoms with Crippen molar-refractivity contribution >= 4 is 5.91 Å². The number of amides is 1. The molecule has 0 fully saturated rings. The van der Waals surface area contributed by atoms with E-state index in [1.54, 1.807) is 0 Å². The molecular formula is C10H17NO2. The van der Waals surface area contributed by atoms with Gasteiger partial charge in [-0.05, 0) is 19.3 Å². The van der Waals surface area contributed by atoms with Gasteiger partial charge in [0, 0.05) is 5.92 Å². The molecule has 0 saturated carbocycles. The molecule has 0 aromatic carbocycles. The van der Waals surface area contributed by atoms with Crippen molar-refractivity contribution in [1.29, 1.82) is 0 Å². The molecule has 0 radical (unpaired) electrons. The largest absolute Gasteiger partial charge is 0.394 e. The summed E-state index contributed by atoms with van der Waals surface area (Å²) in [5.41, 5.74) is 0. The van der Waals surface area contributed by atoms with Crippen LogP contribution in [0.25, 0.3) is 0 Å². The third-order valence-corrected chi connectivity index (χ3v) is 2.44. The minimum atomic E-state index is -0.0758. The zero-order valence-corrected chi connectivity index (χ0v) is 7.99. The van der Waals surface area contributed by atoms with Crippen LogP contribution in [-0.4, -0.2) is 23.7 Å². The van der Waals surface area contributed by atoms with E-state index in [1.165, 1.54) is 0 Å². The summed E-state index contributed by atoms with van der Waals surface area (Å²) in [4.78, 5) is 11.5. The Bertz CT molecular complexity index is 189. The first kappa shape index (κ1) is 10.3. The maximum absolute atomic E-state index is 11.5. The van der Waals surface area contributed by atoms with Gasteiger partial charge >= 0.3 is 0 Å². The van der Waals surface area contributed by atoms with Crippen LogP contribution in [-0.2, 0) is 4.79 Å². The molecule has 1 amide bonds. The Labute approximate surface area is 78.8 Å². The molecule has 1 unspecified atom stereocenters. The van der Waals surface area contributed by atoms with Crippen LogP contribution in [0.3, 0.4) is 0 Å². The Kier molecular flexibility index (Phi) is 3.96. The van der Waals surface area contributed by atoms with E-state index in [9.17, 15) is 4.79 Å². The van der Waals surface area contributed by atoms with Crippen molar-refractivity contribution in [2.45, 2.75) is 32.2 Å². The van der Waals surface area contributed by atoms with Crippen LogP contribution < -0.4 is 5.32 Å². The summed E-state index contributed by atoms with van der Waals surface area (Å²) in [6, 6.07) is -0.0758. The van der Waals surface area contributed by atoms with Crippen molar-refractivity contribution in [2.75, 3.05) is 6.61 Å². The molecule has 3 nitrogen and oxygen atoms in total. The Hall–Kier alpha value is -0.830. The average Bonchev–Trinajstić information content (AvgIpc) is 2.66. The molecule has 0 bridgehead atoms. The highest BCUT2D eigenvalue weighted by molar-refractivity contribution is 5.79. The van der Waals surface area contributed by atoms with Gasteiger partial charge in [-0.25, -0.2) is 0 Å². The number of carbonyl (C=O) groups is 1. The molecule has 1 rings (SSSR count). The summed E-state index contributed by atoms with van der Waals surface area (Å²) < 4.78 is 0. The molecule has 13 heavy (non-hydrogen) atoms. The lowest BCUT2D eigenvalue weighted by Crippen LogP contribution is -2.40. The van der Waals surface area contributed by atoms with Gasteiger partial charge in [0.25, 0.3) is 0 Å². The smallest absolute Gasteiger partial charge is 0.224 e. The van der Waals surface area contributed by atoms with Crippen LogP contribution in [0, 0.1) is 5.92 Å². The van der Waals surface area contributed by atoms with Crippen molar-refractivity contribution in [3.63, 3.8) is 0 Å². The minimum Gasteiger partial charge on any atom is -0.394 e. The maximum atomic E-state index is 11.5. The van der Waals surface area contributed by atoms with Crippen LogP contribution in [0.5, 0.6) is 0 Å². The Morgan fingerprint density at radius 2 is 2.23 bits per heavy atom. The molecule has 1 atom stereocenters. The normalized spacial score (nSPS) is 18.9.